The van der Waals surface area contributed by atoms with Crippen molar-refractivity contribution in [1.29, 1.82) is 0 Å². The first-order valence-corrected chi connectivity index (χ1v) is 6.61. The highest BCUT2D eigenvalue weighted by atomic mass is 19.4. The number of para-hydroxylation sites is 2. The number of alkyl halides is 3. The van der Waals surface area contributed by atoms with Crippen LogP contribution < -0.4 is 10.1 Å². The summed E-state index contributed by atoms with van der Waals surface area (Å²) in [5, 5.41) is 3.24. The van der Waals surface area contributed by atoms with Gasteiger partial charge in [-0.2, -0.15) is 13.2 Å². The lowest BCUT2D eigenvalue weighted by Crippen LogP contribution is -2.32. The highest BCUT2D eigenvalue weighted by molar-refractivity contribution is 5.56. The van der Waals surface area contributed by atoms with Gasteiger partial charge in [0.15, 0.2) is 6.61 Å². The van der Waals surface area contributed by atoms with Gasteiger partial charge in [-0.15, -0.1) is 0 Å². The SMILES string of the molecule is CC1CC(Nc2ccccc2OCC(F)(F)F)CCO1. The molecule has 0 radical (unpaired) electrons. The van der Waals surface area contributed by atoms with Crippen molar-refractivity contribution in [1.82, 2.24) is 0 Å². The monoisotopic (exact) mass is 289 g/mol. The number of hydrogen-bond acceptors (Lipinski definition) is 3. The van der Waals surface area contributed by atoms with E-state index < -0.39 is 12.8 Å². The summed E-state index contributed by atoms with van der Waals surface area (Å²) in [6.45, 7) is 1.36. The number of rotatable bonds is 4. The molecule has 0 amide bonds. The summed E-state index contributed by atoms with van der Waals surface area (Å²) in [5.74, 6) is 0.226. The van der Waals surface area contributed by atoms with Crippen molar-refractivity contribution in [3.63, 3.8) is 0 Å². The summed E-state index contributed by atoms with van der Waals surface area (Å²) in [7, 11) is 0. The highest BCUT2D eigenvalue weighted by Crippen LogP contribution is 2.28. The third kappa shape index (κ3) is 4.59. The second-order valence-electron chi connectivity index (χ2n) is 4.95. The van der Waals surface area contributed by atoms with Crippen molar-refractivity contribution in [3.05, 3.63) is 24.3 Å². The van der Waals surface area contributed by atoms with Crippen LogP contribution in [0.2, 0.25) is 0 Å². The van der Waals surface area contributed by atoms with E-state index in [1.165, 1.54) is 6.07 Å². The van der Waals surface area contributed by atoms with Gasteiger partial charge in [0.05, 0.1) is 11.8 Å². The van der Waals surface area contributed by atoms with Crippen LogP contribution in [0.15, 0.2) is 24.3 Å². The van der Waals surface area contributed by atoms with Crippen LogP contribution >= 0.6 is 0 Å². The average Bonchev–Trinajstić information content (AvgIpc) is 2.37. The van der Waals surface area contributed by atoms with Gasteiger partial charge in [-0.1, -0.05) is 12.1 Å². The minimum atomic E-state index is -4.33. The van der Waals surface area contributed by atoms with Gasteiger partial charge in [0, 0.05) is 12.6 Å². The quantitative estimate of drug-likeness (QED) is 0.918. The van der Waals surface area contributed by atoms with Gasteiger partial charge in [-0.05, 0) is 31.9 Å². The summed E-state index contributed by atoms with van der Waals surface area (Å²) >= 11 is 0. The second-order valence-corrected chi connectivity index (χ2v) is 4.95. The van der Waals surface area contributed by atoms with Crippen molar-refractivity contribution >= 4 is 5.69 Å². The summed E-state index contributed by atoms with van der Waals surface area (Å²) < 4.78 is 47.0. The maximum absolute atomic E-state index is 12.2. The third-order valence-electron chi connectivity index (χ3n) is 3.12. The highest BCUT2D eigenvalue weighted by Gasteiger charge is 2.29. The first-order valence-electron chi connectivity index (χ1n) is 6.61. The van der Waals surface area contributed by atoms with E-state index in [1.807, 2.05) is 6.92 Å². The normalized spacial score (nSPS) is 23.4. The molecule has 20 heavy (non-hydrogen) atoms. The summed E-state index contributed by atoms with van der Waals surface area (Å²) in [5.41, 5.74) is 0.593. The molecule has 2 rings (SSSR count). The number of halogens is 3. The van der Waals surface area contributed by atoms with Crippen LogP contribution in [0.3, 0.4) is 0 Å². The molecule has 1 aliphatic rings. The fraction of sp³-hybridized carbons (Fsp3) is 0.571. The molecule has 1 aromatic rings. The number of anilines is 1. The fourth-order valence-corrected chi connectivity index (χ4v) is 2.22. The Labute approximate surface area is 116 Å². The number of ether oxygens (including phenoxy) is 2. The predicted molar refractivity (Wildman–Crippen MR) is 70.1 cm³/mol. The minimum Gasteiger partial charge on any atom is -0.482 e. The predicted octanol–water partition coefficient (Wildman–Crippen LogP) is 3.61. The van der Waals surface area contributed by atoms with E-state index in [2.05, 4.69) is 5.32 Å². The van der Waals surface area contributed by atoms with Crippen LogP contribution in [-0.4, -0.2) is 31.5 Å². The minimum absolute atomic E-state index is 0.157. The zero-order chi connectivity index (χ0) is 14.6. The molecule has 1 aromatic carbocycles. The molecule has 1 aliphatic heterocycles. The second kappa shape index (κ2) is 6.35. The first kappa shape index (κ1) is 15.0. The van der Waals surface area contributed by atoms with Crippen LogP contribution in [0.4, 0.5) is 18.9 Å². The van der Waals surface area contributed by atoms with E-state index in [1.54, 1.807) is 18.2 Å². The van der Waals surface area contributed by atoms with E-state index >= 15 is 0 Å². The van der Waals surface area contributed by atoms with Gasteiger partial charge < -0.3 is 14.8 Å². The van der Waals surface area contributed by atoms with Gasteiger partial charge in [0.2, 0.25) is 0 Å². The molecule has 1 saturated heterocycles. The summed E-state index contributed by atoms with van der Waals surface area (Å²) in [6, 6.07) is 6.88. The standard InChI is InChI=1S/C14H18F3NO2/c1-10-8-11(6-7-19-10)18-12-4-2-3-5-13(12)20-9-14(15,16)17/h2-5,10-11,18H,6-9H2,1H3. The lowest BCUT2D eigenvalue weighted by Gasteiger charge is -2.29. The zero-order valence-corrected chi connectivity index (χ0v) is 11.2. The molecule has 6 heteroatoms. The molecule has 1 fully saturated rings. The fourth-order valence-electron chi connectivity index (χ4n) is 2.22. The Morgan fingerprint density at radius 2 is 2.10 bits per heavy atom. The molecular weight excluding hydrogens is 271 g/mol. The van der Waals surface area contributed by atoms with Gasteiger partial charge >= 0.3 is 6.18 Å². The largest absolute Gasteiger partial charge is 0.482 e. The molecule has 3 nitrogen and oxygen atoms in total. The van der Waals surface area contributed by atoms with Crippen molar-refractivity contribution in [2.45, 2.75) is 38.1 Å². The van der Waals surface area contributed by atoms with Crippen molar-refractivity contribution in [3.8, 4) is 5.75 Å². The van der Waals surface area contributed by atoms with E-state index in [0.29, 0.717) is 12.3 Å². The Bertz CT molecular complexity index is 437. The van der Waals surface area contributed by atoms with Crippen LogP contribution in [0.25, 0.3) is 0 Å². The molecular formula is C14H18F3NO2. The Morgan fingerprint density at radius 1 is 1.35 bits per heavy atom. The van der Waals surface area contributed by atoms with Gasteiger partial charge in [0.25, 0.3) is 0 Å². The van der Waals surface area contributed by atoms with Crippen molar-refractivity contribution < 1.29 is 22.6 Å². The maximum atomic E-state index is 12.2. The van der Waals surface area contributed by atoms with Crippen LogP contribution in [0.1, 0.15) is 19.8 Å². The molecule has 0 aliphatic carbocycles. The van der Waals surface area contributed by atoms with Crippen LogP contribution in [-0.2, 0) is 4.74 Å². The molecule has 2 atom stereocenters. The Hall–Kier alpha value is -1.43. The smallest absolute Gasteiger partial charge is 0.422 e. The van der Waals surface area contributed by atoms with E-state index in [-0.39, 0.29) is 17.9 Å². The van der Waals surface area contributed by atoms with E-state index in [9.17, 15) is 13.2 Å². The molecule has 1 heterocycles. The third-order valence-corrected chi connectivity index (χ3v) is 3.12. The summed E-state index contributed by atoms with van der Waals surface area (Å²) in [6.07, 6.45) is -2.52. The zero-order valence-electron chi connectivity index (χ0n) is 11.2. The van der Waals surface area contributed by atoms with Gasteiger partial charge in [-0.25, -0.2) is 0 Å². The van der Waals surface area contributed by atoms with Gasteiger partial charge in [0.1, 0.15) is 5.75 Å². The number of hydrogen-bond donors (Lipinski definition) is 1. The molecule has 0 bridgehead atoms. The number of nitrogens with one attached hydrogen (secondary N) is 1. The Morgan fingerprint density at radius 3 is 2.80 bits per heavy atom. The van der Waals surface area contributed by atoms with E-state index in [0.717, 1.165) is 12.8 Å². The lowest BCUT2D eigenvalue weighted by atomic mass is 10.0. The van der Waals surface area contributed by atoms with Crippen molar-refractivity contribution in [2.75, 3.05) is 18.5 Å². The molecule has 0 spiro atoms. The van der Waals surface area contributed by atoms with E-state index in [4.69, 9.17) is 9.47 Å². The lowest BCUT2D eigenvalue weighted by molar-refractivity contribution is -0.153. The molecule has 2 unspecified atom stereocenters. The summed E-state index contributed by atoms with van der Waals surface area (Å²) in [4.78, 5) is 0. The molecule has 0 aromatic heterocycles. The van der Waals surface area contributed by atoms with Crippen LogP contribution in [0.5, 0.6) is 5.75 Å². The maximum Gasteiger partial charge on any atom is 0.422 e. The molecule has 0 saturated carbocycles. The van der Waals surface area contributed by atoms with Gasteiger partial charge in [-0.3, -0.25) is 0 Å². The molecule has 1 N–H and O–H groups in total. The Kier molecular flexibility index (Phi) is 4.75. The van der Waals surface area contributed by atoms with Crippen molar-refractivity contribution in [2.24, 2.45) is 0 Å². The van der Waals surface area contributed by atoms with Crippen LogP contribution in [0, 0.1) is 0 Å². The first-order chi connectivity index (χ1) is 9.44. The number of benzene rings is 1. The topological polar surface area (TPSA) is 30.5 Å². The Balaban J connectivity index is 2.00. The molecule has 112 valence electrons. The average molecular weight is 289 g/mol.